The number of rotatable bonds is 3. The van der Waals surface area contributed by atoms with Gasteiger partial charge in [0.05, 0.1) is 15.3 Å². The minimum atomic E-state index is -0.611. The lowest BCUT2D eigenvalue weighted by Crippen LogP contribution is -2.29. The summed E-state index contributed by atoms with van der Waals surface area (Å²) in [5.41, 5.74) is 5.54. The van der Waals surface area contributed by atoms with Crippen LogP contribution in [0.1, 0.15) is 16.1 Å². The molecule has 1 aromatic rings. The molecule has 0 radical (unpaired) electrons. The first-order valence-electron chi connectivity index (χ1n) is 3.63. The Bertz CT molecular complexity index is 353. The van der Waals surface area contributed by atoms with Gasteiger partial charge in [-0.05, 0) is 12.1 Å². The molecule has 68 valence electrons. The topological polar surface area (TPSA) is 43.1 Å². The first kappa shape index (κ1) is 10.3. The smallest absolute Gasteiger partial charge is 0.190 e. The highest BCUT2D eigenvalue weighted by Gasteiger charge is 2.16. The molecule has 0 aromatic carbocycles. The van der Waals surface area contributed by atoms with Crippen LogP contribution < -0.4 is 5.73 Å². The first-order chi connectivity index (χ1) is 6.15. The molecule has 13 heavy (non-hydrogen) atoms. The van der Waals surface area contributed by atoms with Crippen LogP contribution in [0.3, 0.4) is 0 Å². The van der Waals surface area contributed by atoms with Crippen molar-refractivity contribution in [2.75, 3.05) is 0 Å². The number of hydrogen-bond acceptors (Lipinski definition) is 3. The molecule has 0 fully saturated rings. The molecule has 1 unspecified atom stereocenters. The maximum Gasteiger partial charge on any atom is 0.190 e. The van der Waals surface area contributed by atoms with E-state index >= 15 is 0 Å². The van der Waals surface area contributed by atoms with Gasteiger partial charge in [0, 0.05) is 6.42 Å². The molecule has 0 aliphatic rings. The summed E-state index contributed by atoms with van der Waals surface area (Å²) in [6.45, 7) is 0. The van der Waals surface area contributed by atoms with E-state index in [0.717, 1.165) is 0 Å². The van der Waals surface area contributed by atoms with Crippen molar-refractivity contribution in [3.63, 3.8) is 0 Å². The van der Waals surface area contributed by atoms with Crippen LogP contribution >= 0.6 is 22.9 Å². The number of terminal acetylenes is 1. The fourth-order valence-electron chi connectivity index (χ4n) is 0.849. The van der Waals surface area contributed by atoms with Crippen molar-refractivity contribution in [2.24, 2.45) is 5.73 Å². The molecule has 1 atom stereocenters. The van der Waals surface area contributed by atoms with E-state index in [1.807, 2.05) is 0 Å². The number of ketones is 1. The van der Waals surface area contributed by atoms with Gasteiger partial charge >= 0.3 is 0 Å². The summed E-state index contributed by atoms with van der Waals surface area (Å²) < 4.78 is 0.580. The normalized spacial score (nSPS) is 12.1. The number of carbonyl (C=O) groups is 1. The van der Waals surface area contributed by atoms with Crippen molar-refractivity contribution >= 4 is 28.7 Å². The van der Waals surface area contributed by atoms with Gasteiger partial charge in [-0.1, -0.05) is 11.6 Å². The van der Waals surface area contributed by atoms with Gasteiger partial charge in [-0.3, -0.25) is 4.79 Å². The zero-order chi connectivity index (χ0) is 9.84. The Hall–Kier alpha value is -0.820. The Morgan fingerprint density at radius 2 is 2.46 bits per heavy atom. The van der Waals surface area contributed by atoms with Crippen LogP contribution in [-0.4, -0.2) is 11.8 Å². The molecule has 0 aliphatic carbocycles. The summed E-state index contributed by atoms with van der Waals surface area (Å²) in [7, 11) is 0. The summed E-state index contributed by atoms with van der Waals surface area (Å²) in [5.74, 6) is 2.21. The molecule has 0 saturated heterocycles. The molecular formula is C9H8ClNOS. The van der Waals surface area contributed by atoms with E-state index < -0.39 is 6.04 Å². The van der Waals surface area contributed by atoms with Crippen LogP contribution in [0.15, 0.2) is 12.1 Å². The molecule has 2 nitrogen and oxygen atoms in total. The third-order valence-corrected chi connectivity index (χ3v) is 2.74. The second kappa shape index (κ2) is 4.43. The Morgan fingerprint density at radius 3 is 2.92 bits per heavy atom. The van der Waals surface area contributed by atoms with Crippen molar-refractivity contribution < 1.29 is 4.79 Å². The van der Waals surface area contributed by atoms with Gasteiger partial charge in [-0.2, -0.15) is 0 Å². The van der Waals surface area contributed by atoms with Gasteiger partial charge in [0.15, 0.2) is 5.78 Å². The zero-order valence-electron chi connectivity index (χ0n) is 6.79. The monoisotopic (exact) mass is 213 g/mol. The number of nitrogens with two attached hydrogens (primary N) is 1. The standard InChI is InChI=1S/C9H8ClNOS/c1-2-3-6(11)9(12)7-4-5-8(10)13-7/h1,4-6H,3,11H2. The third-order valence-electron chi connectivity index (χ3n) is 1.49. The van der Waals surface area contributed by atoms with E-state index in [9.17, 15) is 4.79 Å². The van der Waals surface area contributed by atoms with Gasteiger partial charge < -0.3 is 5.73 Å². The predicted octanol–water partition coefficient (Wildman–Crippen LogP) is 1.93. The van der Waals surface area contributed by atoms with Gasteiger partial charge in [0.2, 0.25) is 0 Å². The maximum atomic E-state index is 11.5. The average Bonchev–Trinajstić information content (AvgIpc) is 2.51. The van der Waals surface area contributed by atoms with E-state index in [0.29, 0.717) is 9.21 Å². The summed E-state index contributed by atoms with van der Waals surface area (Å²) in [5, 5.41) is 0. The van der Waals surface area contributed by atoms with Crippen LogP contribution in [0.2, 0.25) is 4.34 Å². The van der Waals surface area contributed by atoms with Gasteiger partial charge in [0.1, 0.15) is 0 Å². The summed E-state index contributed by atoms with van der Waals surface area (Å²) >= 11 is 6.89. The molecule has 1 heterocycles. The highest BCUT2D eigenvalue weighted by atomic mass is 35.5. The van der Waals surface area contributed by atoms with Crippen molar-refractivity contribution in [1.82, 2.24) is 0 Å². The Balaban J connectivity index is 2.74. The number of thiophene rings is 1. The van der Waals surface area contributed by atoms with E-state index in [1.54, 1.807) is 12.1 Å². The lowest BCUT2D eigenvalue weighted by atomic mass is 10.1. The predicted molar refractivity (Wildman–Crippen MR) is 55.1 cm³/mol. The number of halogens is 1. The van der Waals surface area contributed by atoms with Crippen LogP contribution in [0, 0.1) is 12.3 Å². The molecule has 0 spiro atoms. The van der Waals surface area contributed by atoms with Crippen molar-refractivity contribution in [3.05, 3.63) is 21.3 Å². The second-order valence-electron chi connectivity index (χ2n) is 2.48. The van der Waals surface area contributed by atoms with Gasteiger partial charge in [-0.25, -0.2) is 0 Å². The lowest BCUT2D eigenvalue weighted by molar-refractivity contribution is 0.0967. The fourth-order valence-corrected chi connectivity index (χ4v) is 1.90. The summed E-state index contributed by atoms with van der Waals surface area (Å²) in [4.78, 5) is 12.0. The Kier molecular flexibility index (Phi) is 3.49. The summed E-state index contributed by atoms with van der Waals surface area (Å²) in [6.07, 6.45) is 5.30. The first-order valence-corrected chi connectivity index (χ1v) is 4.83. The zero-order valence-corrected chi connectivity index (χ0v) is 8.36. The minimum absolute atomic E-state index is 0.144. The van der Waals surface area contributed by atoms with Crippen LogP contribution in [0.25, 0.3) is 0 Å². The third kappa shape index (κ3) is 2.56. The largest absolute Gasteiger partial charge is 0.320 e. The molecule has 4 heteroatoms. The van der Waals surface area contributed by atoms with Gasteiger partial charge in [0.25, 0.3) is 0 Å². The molecule has 1 rings (SSSR count). The molecule has 1 aromatic heterocycles. The van der Waals surface area contributed by atoms with Crippen LogP contribution in [0.5, 0.6) is 0 Å². The van der Waals surface area contributed by atoms with Crippen molar-refractivity contribution in [3.8, 4) is 12.3 Å². The molecule has 0 saturated carbocycles. The Morgan fingerprint density at radius 1 is 1.77 bits per heavy atom. The number of carbonyl (C=O) groups excluding carboxylic acids is 1. The molecular weight excluding hydrogens is 206 g/mol. The van der Waals surface area contributed by atoms with Crippen molar-refractivity contribution in [2.45, 2.75) is 12.5 Å². The van der Waals surface area contributed by atoms with Crippen LogP contribution in [-0.2, 0) is 0 Å². The molecule has 0 bridgehead atoms. The molecule has 0 aliphatic heterocycles. The highest BCUT2D eigenvalue weighted by Crippen LogP contribution is 2.22. The number of hydrogen-bond donors (Lipinski definition) is 1. The average molecular weight is 214 g/mol. The van der Waals surface area contributed by atoms with Crippen LogP contribution in [0.4, 0.5) is 0 Å². The van der Waals surface area contributed by atoms with E-state index in [4.69, 9.17) is 23.8 Å². The summed E-state index contributed by atoms with van der Waals surface area (Å²) in [6, 6.07) is 2.72. The molecule has 2 N–H and O–H groups in total. The number of Topliss-reactive ketones (excluding diaryl/α,β-unsaturated/α-hetero) is 1. The SMILES string of the molecule is C#CCC(N)C(=O)c1ccc(Cl)s1. The Labute approximate surface area is 85.7 Å². The quantitative estimate of drug-likeness (QED) is 0.616. The lowest BCUT2D eigenvalue weighted by Gasteiger charge is -2.03. The fraction of sp³-hybridized carbons (Fsp3) is 0.222. The highest BCUT2D eigenvalue weighted by molar-refractivity contribution is 7.18. The molecule has 0 amide bonds. The maximum absolute atomic E-state index is 11.5. The minimum Gasteiger partial charge on any atom is -0.320 e. The van der Waals surface area contributed by atoms with Crippen molar-refractivity contribution in [1.29, 1.82) is 0 Å². The van der Waals surface area contributed by atoms with E-state index in [-0.39, 0.29) is 12.2 Å². The second-order valence-corrected chi connectivity index (χ2v) is 4.20. The van der Waals surface area contributed by atoms with E-state index in [1.165, 1.54) is 11.3 Å². The van der Waals surface area contributed by atoms with E-state index in [2.05, 4.69) is 5.92 Å². The van der Waals surface area contributed by atoms with Gasteiger partial charge in [-0.15, -0.1) is 23.7 Å².